The molecule has 1 aliphatic rings. The van der Waals surface area contributed by atoms with Crippen molar-refractivity contribution in [3.63, 3.8) is 0 Å². The Hall–Kier alpha value is -2.73. The van der Waals surface area contributed by atoms with Gasteiger partial charge in [0, 0.05) is 18.7 Å². The van der Waals surface area contributed by atoms with Crippen LogP contribution in [0.3, 0.4) is 0 Å². The summed E-state index contributed by atoms with van der Waals surface area (Å²) in [6.45, 7) is 3.30. The third kappa shape index (κ3) is 3.13. The van der Waals surface area contributed by atoms with Crippen molar-refractivity contribution >= 4 is 17.0 Å². The number of hydrogen-bond donors (Lipinski definition) is 0. The van der Waals surface area contributed by atoms with Crippen LogP contribution in [0.2, 0.25) is 0 Å². The van der Waals surface area contributed by atoms with Gasteiger partial charge in [-0.2, -0.15) is 0 Å². The highest BCUT2D eigenvalue weighted by molar-refractivity contribution is 5.89. The first-order valence-corrected chi connectivity index (χ1v) is 8.39. The van der Waals surface area contributed by atoms with Crippen LogP contribution in [0.25, 0.3) is 16.9 Å². The number of carbonyl (C=O) groups excluding carboxylic acids is 1. The van der Waals surface area contributed by atoms with Crippen molar-refractivity contribution in [2.24, 2.45) is 5.92 Å². The summed E-state index contributed by atoms with van der Waals surface area (Å²) >= 11 is 0. The van der Waals surface area contributed by atoms with Crippen LogP contribution in [-0.2, 0) is 9.47 Å². The molecule has 2 atom stereocenters. The van der Waals surface area contributed by atoms with Gasteiger partial charge in [-0.25, -0.2) is 14.8 Å². The van der Waals surface area contributed by atoms with E-state index in [1.807, 2.05) is 35.8 Å². The summed E-state index contributed by atoms with van der Waals surface area (Å²) in [6, 6.07) is 11.4. The van der Waals surface area contributed by atoms with Crippen LogP contribution in [0, 0.1) is 5.92 Å². The van der Waals surface area contributed by atoms with E-state index in [9.17, 15) is 4.79 Å². The van der Waals surface area contributed by atoms with Crippen LogP contribution in [-0.4, -0.2) is 39.8 Å². The fraction of sp³-hybridized carbons (Fsp3) is 0.316. The molecule has 1 saturated heterocycles. The molecule has 0 unspecified atom stereocenters. The molecule has 0 saturated carbocycles. The predicted octanol–water partition coefficient (Wildman–Crippen LogP) is 3.00. The minimum atomic E-state index is -0.353. The van der Waals surface area contributed by atoms with Gasteiger partial charge in [0.05, 0.1) is 23.2 Å². The number of imidazole rings is 1. The molecule has 6 heteroatoms. The molecular formula is C19H19N3O3. The molecule has 0 bridgehead atoms. The van der Waals surface area contributed by atoms with Crippen LogP contribution in [0.5, 0.6) is 0 Å². The lowest BCUT2D eigenvalue weighted by Crippen LogP contribution is -2.24. The summed E-state index contributed by atoms with van der Waals surface area (Å²) in [5, 5.41) is 0. The maximum absolute atomic E-state index is 12.3. The quantitative estimate of drug-likeness (QED) is 0.685. The van der Waals surface area contributed by atoms with Crippen LogP contribution >= 0.6 is 0 Å². The van der Waals surface area contributed by atoms with E-state index in [0.717, 1.165) is 24.1 Å². The largest absolute Gasteiger partial charge is 0.459 e. The van der Waals surface area contributed by atoms with Gasteiger partial charge in [0.25, 0.3) is 0 Å². The molecule has 0 radical (unpaired) electrons. The van der Waals surface area contributed by atoms with Crippen molar-refractivity contribution in [2.75, 3.05) is 13.2 Å². The van der Waals surface area contributed by atoms with Gasteiger partial charge in [-0.3, -0.25) is 4.57 Å². The maximum Gasteiger partial charge on any atom is 0.339 e. The Labute approximate surface area is 145 Å². The number of benzene rings is 1. The van der Waals surface area contributed by atoms with E-state index in [4.69, 9.17) is 9.47 Å². The number of rotatable bonds is 4. The number of carbonyl (C=O) groups is 1. The number of fused-ring (bicyclic) bond motifs is 1. The molecule has 3 heterocycles. The van der Waals surface area contributed by atoms with E-state index in [1.165, 1.54) is 0 Å². The van der Waals surface area contributed by atoms with E-state index < -0.39 is 0 Å². The molecule has 0 amide bonds. The summed E-state index contributed by atoms with van der Waals surface area (Å²) in [5.74, 6) is 0.630. The van der Waals surface area contributed by atoms with Crippen LogP contribution in [0.15, 0.2) is 48.9 Å². The minimum Gasteiger partial charge on any atom is -0.459 e. The van der Waals surface area contributed by atoms with E-state index in [1.54, 1.807) is 24.7 Å². The molecule has 1 fully saturated rings. The van der Waals surface area contributed by atoms with Gasteiger partial charge < -0.3 is 9.47 Å². The zero-order chi connectivity index (χ0) is 17.2. The van der Waals surface area contributed by atoms with Gasteiger partial charge >= 0.3 is 5.97 Å². The smallest absolute Gasteiger partial charge is 0.339 e. The summed E-state index contributed by atoms with van der Waals surface area (Å²) < 4.78 is 12.8. The average Bonchev–Trinajstić information content (AvgIpc) is 3.32. The van der Waals surface area contributed by atoms with Crippen molar-refractivity contribution < 1.29 is 14.3 Å². The Balaban J connectivity index is 1.50. The van der Waals surface area contributed by atoms with E-state index in [-0.39, 0.29) is 18.0 Å². The highest BCUT2D eigenvalue weighted by Gasteiger charge is 2.25. The normalized spacial score (nSPS) is 18.4. The van der Waals surface area contributed by atoms with E-state index in [2.05, 4.69) is 9.97 Å². The van der Waals surface area contributed by atoms with Gasteiger partial charge in [-0.1, -0.05) is 12.1 Å². The Bertz CT molecular complexity index is 882. The Morgan fingerprint density at radius 2 is 2.16 bits per heavy atom. The molecule has 25 heavy (non-hydrogen) atoms. The maximum atomic E-state index is 12.3. The van der Waals surface area contributed by atoms with E-state index in [0.29, 0.717) is 18.0 Å². The van der Waals surface area contributed by atoms with Crippen molar-refractivity contribution in [1.29, 1.82) is 0 Å². The number of hydrogen-bond acceptors (Lipinski definition) is 5. The monoisotopic (exact) mass is 337 g/mol. The molecule has 6 nitrogen and oxygen atoms in total. The van der Waals surface area contributed by atoms with E-state index >= 15 is 0 Å². The topological polar surface area (TPSA) is 66.2 Å². The first kappa shape index (κ1) is 15.8. The second kappa shape index (κ2) is 6.64. The van der Waals surface area contributed by atoms with Crippen LogP contribution < -0.4 is 0 Å². The Kier molecular flexibility index (Phi) is 4.19. The summed E-state index contributed by atoms with van der Waals surface area (Å²) in [6.07, 6.45) is 4.05. The number of ether oxygens (including phenoxy) is 2. The van der Waals surface area contributed by atoms with Gasteiger partial charge in [0.1, 0.15) is 18.2 Å². The van der Waals surface area contributed by atoms with Gasteiger partial charge in [-0.05, 0) is 37.6 Å². The van der Waals surface area contributed by atoms with Gasteiger partial charge in [-0.15, -0.1) is 0 Å². The second-order valence-electron chi connectivity index (χ2n) is 6.24. The first-order valence-electron chi connectivity index (χ1n) is 8.39. The first-order chi connectivity index (χ1) is 12.2. The Morgan fingerprint density at radius 1 is 1.28 bits per heavy atom. The zero-order valence-corrected chi connectivity index (χ0v) is 14.0. The number of esters is 1. The third-order valence-corrected chi connectivity index (χ3v) is 4.61. The van der Waals surface area contributed by atoms with Gasteiger partial charge in [0.2, 0.25) is 0 Å². The minimum absolute atomic E-state index is 0.160. The number of pyridine rings is 1. The van der Waals surface area contributed by atoms with Crippen LogP contribution in [0.1, 0.15) is 23.7 Å². The predicted molar refractivity (Wildman–Crippen MR) is 92.7 cm³/mol. The van der Waals surface area contributed by atoms with Crippen molar-refractivity contribution in [3.8, 4) is 5.82 Å². The molecule has 0 spiro atoms. The SMILES string of the molecule is C[C@@H](OC(=O)c1ccc(-n2cnc3ccccc32)nc1)[C@@H]1CCOC1. The molecule has 0 aliphatic carbocycles. The lowest BCUT2D eigenvalue weighted by molar-refractivity contribution is 0.0179. The summed E-state index contributed by atoms with van der Waals surface area (Å²) in [4.78, 5) is 21.0. The zero-order valence-electron chi connectivity index (χ0n) is 14.0. The number of nitrogens with zero attached hydrogens (tertiary/aromatic N) is 3. The van der Waals surface area contributed by atoms with Gasteiger partial charge in [0.15, 0.2) is 0 Å². The summed E-state index contributed by atoms with van der Waals surface area (Å²) in [5.41, 5.74) is 2.32. The number of aromatic nitrogens is 3. The second-order valence-corrected chi connectivity index (χ2v) is 6.24. The third-order valence-electron chi connectivity index (χ3n) is 4.61. The molecule has 3 aromatic rings. The standard InChI is InChI=1S/C19H19N3O3/c1-13(15-8-9-24-11-15)25-19(23)14-6-7-18(20-10-14)22-12-21-16-4-2-3-5-17(16)22/h2-7,10,12-13,15H,8-9,11H2,1H3/t13-,15-/m1/s1. The van der Waals surface area contributed by atoms with Crippen molar-refractivity contribution in [1.82, 2.24) is 14.5 Å². The molecule has 128 valence electrons. The molecule has 1 aliphatic heterocycles. The highest BCUT2D eigenvalue weighted by Crippen LogP contribution is 2.20. The number of para-hydroxylation sites is 2. The fourth-order valence-electron chi connectivity index (χ4n) is 3.05. The molecule has 2 aromatic heterocycles. The van der Waals surface area contributed by atoms with Crippen LogP contribution in [0.4, 0.5) is 0 Å². The van der Waals surface area contributed by atoms with Crippen molar-refractivity contribution in [2.45, 2.75) is 19.4 Å². The lowest BCUT2D eigenvalue weighted by atomic mass is 10.0. The summed E-state index contributed by atoms with van der Waals surface area (Å²) in [7, 11) is 0. The van der Waals surface area contributed by atoms with Crippen molar-refractivity contribution in [3.05, 3.63) is 54.5 Å². The molecule has 1 aromatic carbocycles. The fourth-order valence-corrected chi connectivity index (χ4v) is 3.05. The molecule has 4 rings (SSSR count). The molecular weight excluding hydrogens is 318 g/mol. The highest BCUT2D eigenvalue weighted by atomic mass is 16.5. The molecule has 0 N–H and O–H groups in total. The Morgan fingerprint density at radius 3 is 2.92 bits per heavy atom. The lowest BCUT2D eigenvalue weighted by Gasteiger charge is -2.18. The average molecular weight is 337 g/mol.